The first-order valence-corrected chi connectivity index (χ1v) is 10.4. The second-order valence-electron chi connectivity index (χ2n) is 7.84. The van der Waals surface area contributed by atoms with Crippen molar-refractivity contribution in [2.75, 3.05) is 20.7 Å². The molecule has 0 saturated heterocycles. The molecule has 0 spiro atoms. The van der Waals surface area contributed by atoms with Gasteiger partial charge in [-0.3, -0.25) is 4.79 Å². The highest BCUT2D eigenvalue weighted by atomic mass is 16.5. The van der Waals surface area contributed by atoms with Gasteiger partial charge in [-0.2, -0.15) is 0 Å². The van der Waals surface area contributed by atoms with Gasteiger partial charge in [-0.05, 0) is 58.3 Å². The molecular weight excluding hydrogens is 346 g/mol. The molecule has 28 heavy (non-hydrogen) atoms. The van der Waals surface area contributed by atoms with Crippen molar-refractivity contribution >= 4 is 5.97 Å². The summed E-state index contributed by atoms with van der Waals surface area (Å²) in [5, 5.41) is 0. The van der Waals surface area contributed by atoms with Gasteiger partial charge in [0.05, 0.1) is 6.61 Å². The van der Waals surface area contributed by atoms with Gasteiger partial charge in [0.25, 0.3) is 0 Å². The van der Waals surface area contributed by atoms with Gasteiger partial charge in [-0.25, -0.2) is 0 Å². The zero-order valence-electron chi connectivity index (χ0n) is 17.9. The number of benzene rings is 2. The highest BCUT2D eigenvalue weighted by Gasteiger charge is 2.35. The minimum Gasteiger partial charge on any atom is -0.466 e. The Hall–Kier alpha value is -2.13. The van der Waals surface area contributed by atoms with Crippen LogP contribution in [-0.4, -0.2) is 37.6 Å². The van der Waals surface area contributed by atoms with Gasteiger partial charge in [0.15, 0.2) is 0 Å². The molecule has 3 nitrogen and oxygen atoms in total. The smallest absolute Gasteiger partial charge is 0.305 e. The molecule has 0 heterocycles. The van der Waals surface area contributed by atoms with E-state index in [9.17, 15) is 4.79 Å². The Morgan fingerprint density at radius 1 is 0.964 bits per heavy atom. The third-order valence-corrected chi connectivity index (χ3v) is 5.72. The lowest BCUT2D eigenvalue weighted by Gasteiger charge is -2.39. The molecule has 0 aliphatic rings. The Bertz CT molecular complexity index is 658. The van der Waals surface area contributed by atoms with Gasteiger partial charge in [0, 0.05) is 17.9 Å². The lowest BCUT2D eigenvalue weighted by molar-refractivity contribution is -0.143. The summed E-state index contributed by atoms with van der Waals surface area (Å²) >= 11 is 0. The number of unbranched alkanes of at least 4 members (excludes halogenated alkanes) is 1. The molecule has 0 saturated carbocycles. The van der Waals surface area contributed by atoms with Crippen LogP contribution in [0.25, 0.3) is 0 Å². The molecule has 1 atom stereocenters. The van der Waals surface area contributed by atoms with Crippen molar-refractivity contribution in [3.05, 3.63) is 71.8 Å². The Morgan fingerprint density at radius 3 is 1.96 bits per heavy atom. The van der Waals surface area contributed by atoms with E-state index in [-0.39, 0.29) is 11.4 Å². The lowest BCUT2D eigenvalue weighted by atomic mass is 9.67. The maximum absolute atomic E-state index is 11.7. The minimum atomic E-state index is -0.0887. The van der Waals surface area contributed by atoms with Crippen LogP contribution in [0.2, 0.25) is 0 Å². The zero-order chi connectivity index (χ0) is 20.4. The Balaban J connectivity index is 2.32. The average Bonchev–Trinajstić information content (AvgIpc) is 2.71. The minimum absolute atomic E-state index is 0.0686. The Labute approximate surface area is 170 Å². The third-order valence-electron chi connectivity index (χ3n) is 5.72. The fourth-order valence-electron chi connectivity index (χ4n) is 3.92. The quantitative estimate of drug-likeness (QED) is 0.384. The maximum atomic E-state index is 11.7. The van der Waals surface area contributed by atoms with Crippen LogP contribution in [-0.2, 0) is 14.9 Å². The molecule has 0 fully saturated rings. The van der Waals surface area contributed by atoms with Gasteiger partial charge in [0.2, 0.25) is 0 Å². The SMILES string of the molecule is CCOC(=O)CCCCC(CC(C)N(C)C)(c1ccccc1)c1ccccc1. The van der Waals surface area contributed by atoms with Crippen LogP contribution in [0.3, 0.4) is 0 Å². The van der Waals surface area contributed by atoms with Gasteiger partial charge in [-0.15, -0.1) is 0 Å². The summed E-state index contributed by atoms with van der Waals surface area (Å²) in [6.07, 6.45) is 4.39. The van der Waals surface area contributed by atoms with Crippen molar-refractivity contribution in [3.8, 4) is 0 Å². The third kappa shape index (κ3) is 5.93. The van der Waals surface area contributed by atoms with E-state index >= 15 is 0 Å². The van der Waals surface area contributed by atoms with E-state index < -0.39 is 0 Å². The van der Waals surface area contributed by atoms with E-state index in [1.807, 2.05) is 6.92 Å². The Morgan fingerprint density at radius 2 is 1.50 bits per heavy atom. The summed E-state index contributed by atoms with van der Waals surface area (Å²) < 4.78 is 5.09. The summed E-state index contributed by atoms with van der Waals surface area (Å²) in [4.78, 5) is 14.0. The fraction of sp³-hybridized carbons (Fsp3) is 0.480. The highest BCUT2D eigenvalue weighted by Crippen LogP contribution is 2.42. The highest BCUT2D eigenvalue weighted by molar-refractivity contribution is 5.69. The molecule has 0 bridgehead atoms. The molecule has 0 radical (unpaired) electrons. The molecule has 1 unspecified atom stereocenters. The molecule has 3 heteroatoms. The van der Waals surface area contributed by atoms with Crippen LogP contribution in [0.4, 0.5) is 0 Å². The number of hydrogen-bond donors (Lipinski definition) is 0. The van der Waals surface area contributed by atoms with Crippen molar-refractivity contribution in [1.82, 2.24) is 4.90 Å². The summed E-state index contributed by atoms with van der Waals surface area (Å²) in [7, 11) is 4.29. The van der Waals surface area contributed by atoms with Crippen molar-refractivity contribution in [1.29, 1.82) is 0 Å². The van der Waals surface area contributed by atoms with Crippen molar-refractivity contribution in [3.63, 3.8) is 0 Å². The molecule has 2 aromatic rings. The summed E-state index contributed by atoms with van der Waals surface area (Å²) in [5.41, 5.74) is 2.64. The van der Waals surface area contributed by atoms with E-state index in [1.54, 1.807) is 0 Å². The van der Waals surface area contributed by atoms with E-state index in [4.69, 9.17) is 4.74 Å². The maximum Gasteiger partial charge on any atom is 0.305 e. The molecule has 0 aliphatic heterocycles. The molecule has 0 amide bonds. The Kier molecular flexibility index (Phi) is 8.72. The number of hydrogen-bond acceptors (Lipinski definition) is 3. The first-order valence-electron chi connectivity index (χ1n) is 10.4. The molecule has 0 aliphatic carbocycles. The zero-order valence-corrected chi connectivity index (χ0v) is 17.9. The normalized spacial score (nSPS) is 12.8. The van der Waals surface area contributed by atoms with Gasteiger partial charge >= 0.3 is 5.97 Å². The number of carbonyl (C=O) groups excluding carboxylic acids is 1. The molecule has 2 rings (SSSR count). The second-order valence-corrected chi connectivity index (χ2v) is 7.84. The van der Waals surface area contributed by atoms with Gasteiger partial charge in [0.1, 0.15) is 0 Å². The number of rotatable bonds is 11. The molecule has 2 aromatic carbocycles. The van der Waals surface area contributed by atoms with E-state index in [1.165, 1.54) is 11.1 Å². The van der Waals surface area contributed by atoms with Crippen LogP contribution >= 0.6 is 0 Å². The standard InChI is InChI=1S/C25H35NO2/c1-5-28-24(27)18-12-13-19-25(20-21(2)26(3)4,22-14-8-6-9-15-22)23-16-10-7-11-17-23/h6-11,14-17,21H,5,12-13,18-20H2,1-4H3. The molecule has 0 N–H and O–H groups in total. The number of ether oxygens (including phenoxy) is 1. The molecule has 0 aromatic heterocycles. The van der Waals surface area contributed by atoms with E-state index in [0.717, 1.165) is 25.7 Å². The van der Waals surface area contributed by atoms with E-state index in [2.05, 4.69) is 86.6 Å². The lowest BCUT2D eigenvalue weighted by Crippen LogP contribution is -2.37. The van der Waals surface area contributed by atoms with Crippen LogP contribution in [0, 0.1) is 0 Å². The summed E-state index contributed by atoms with van der Waals surface area (Å²) in [5.74, 6) is -0.0887. The van der Waals surface area contributed by atoms with Crippen molar-refractivity contribution in [2.24, 2.45) is 0 Å². The number of carbonyl (C=O) groups is 1. The monoisotopic (exact) mass is 381 g/mol. The van der Waals surface area contributed by atoms with Crippen LogP contribution in [0.15, 0.2) is 60.7 Å². The first kappa shape index (κ1) is 22.2. The predicted octanol–water partition coefficient (Wildman–Crippen LogP) is 5.44. The summed E-state index contributed by atoms with van der Waals surface area (Å²) in [6.45, 7) is 4.60. The summed E-state index contributed by atoms with van der Waals surface area (Å²) in [6, 6.07) is 22.1. The van der Waals surface area contributed by atoms with Crippen LogP contribution in [0.1, 0.15) is 57.1 Å². The van der Waals surface area contributed by atoms with E-state index in [0.29, 0.717) is 19.1 Å². The topological polar surface area (TPSA) is 29.5 Å². The van der Waals surface area contributed by atoms with Crippen molar-refractivity contribution in [2.45, 2.75) is 57.4 Å². The van der Waals surface area contributed by atoms with Gasteiger partial charge < -0.3 is 9.64 Å². The predicted molar refractivity (Wildman–Crippen MR) is 117 cm³/mol. The molecular formula is C25H35NO2. The number of nitrogens with zero attached hydrogens (tertiary/aromatic N) is 1. The largest absolute Gasteiger partial charge is 0.466 e. The van der Waals surface area contributed by atoms with Crippen LogP contribution in [0.5, 0.6) is 0 Å². The number of esters is 1. The van der Waals surface area contributed by atoms with Crippen molar-refractivity contribution < 1.29 is 9.53 Å². The fourth-order valence-corrected chi connectivity index (χ4v) is 3.92. The van der Waals surface area contributed by atoms with Crippen LogP contribution < -0.4 is 0 Å². The second kappa shape index (κ2) is 11.0. The molecule has 152 valence electrons. The first-order chi connectivity index (χ1) is 13.5. The average molecular weight is 382 g/mol. The van der Waals surface area contributed by atoms with Gasteiger partial charge in [-0.1, -0.05) is 67.1 Å².